The van der Waals surface area contributed by atoms with E-state index in [0.29, 0.717) is 11.3 Å². The maximum absolute atomic E-state index is 13.2. The number of ether oxygens (including phenoxy) is 1. The van der Waals surface area contributed by atoms with Gasteiger partial charge in [-0.05, 0) is 64.7 Å². The van der Waals surface area contributed by atoms with Crippen molar-refractivity contribution >= 4 is 44.8 Å². The monoisotopic (exact) mass is 584 g/mol. The third kappa shape index (κ3) is 6.14. The molecule has 190 valence electrons. The quantitative estimate of drug-likeness (QED) is 0.196. The zero-order valence-corrected chi connectivity index (χ0v) is 22.4. The van der Waals surface area contributed by atoms with Crippen LogP contribution in [-0.4, -0.2) is 11.7 Å². The molecule has 0 radical (unpaired) electrons. The molecule has 5 aromatic rings. The van der Waals surface area contributed by atoms with Gasteiger partial charge in [-0.15, -0.1) is 28.3 Å². The Balaban J connectivity index is 0.00000320. The third-order valence-corrected chi connectivity index (χ3v) is 6.89. The number of thiazole rings is 1. The molecule has 8 heteroatoms. The lowest BCUT2D eigenvalue weighted by atomic mass is 10.1. The first-order chi connectivity index (χ1) is 17.4. The summed E-state index contributed by atoms with van der Waals surface area (Å²) < 4.78 is 47.1. The highest BCUT2D eigenvalue weighted by Gasteiger charge is 2.30. The fourth-order valence-corrected chi connectivity index (χ4v) is 5.06. The Morgan fingerprint density at radius 1 is 0.865 bits per heavy atom. The number of hydrogen-bond acceptors (Lipinski definition) is 3. The predicted molar refractivity (Wildman–Crippen MR) is 149 cm³/mol. The molecule has 0 spiro atoms. The van der Waals surface area contributed by atoms with Crippen LogP contribution in [0.3, 0.4) is 0 Å². The van der Waals surface area contributed by atoms with E-state index in [1.165, 1.54) is 17.4 Å². The van der Waals surface area contributed by atoms with E-state index in [9.17, 15) is 13.2 Å². The highest BCUT2D eigenvalue weighted by Crippen LogP contribution is 2.31. The molecule has 0 saturated carbocycles. The van der Waals surface area contributed by atoms with Crippen LogP contribution in [-0.2, 0) is 19.1 Å². The van der Waals surface area contributed by atoms with E-state index >= 15 is 0 Å². The number of aromatic nitrogens is 1. The van der Waals surface area contributed by atoms with Crippen molar-refractivity contribution in [3.05, 3.63) is 112 Å². The largest absolute Gasteiger partial charge is 0.497 e. The van der Waals surface area contributed by atoms with Gasteiger partial charge < -0.3 is 9.30 Å². The zero-order valence-electron chi connectivity index (χ0n) is 19.9. The fraction of sp³-hybridized carbons (Fsp3) is 0.138. The lowest BCUT2D eigenvalue weighted by Gasteiger charge is -2.11. The van der Waals surface area contributed by atoms with Gasteiger partial charge in [0, 0.05) is 11.9 Å². The second kappa shape index (κ2) is 11.4. The molecular weight excluding hydrogens is 561 g/mol. The van der Waals surface area contributed by atoms with E-state index in [2.05, 4.69) is 39.9 Å². The van der Waals surface area contributed by atoms with Crippen molar-refractivity contribution in [1.29, 1.82) is 0 Å². The van der Waals surface area contributed by atoms with Crippen molar-refractivity contribution in [1.82, 2.24) is 4.57 Å². The number of alkyl halides is 3. The molecule has 0 fully saturated rings. The molecule has 4 aromatic carbocycles. The summed E-state index contributed by atoms with van der Waals surface area (Å²) in [6.07, 6.45) is -3.68. The minimum Gasteiger partial charge on any atom is -0.497 e. The van der Waals surface area contributed by atoms with Crippen LogP contribution in [0.25, 0.3) is 22.0 Å². The number of aryl methyl sites for hydroxylation is 1. The maximum atomic E-state index is 13.2. The zero-order chi connectivity index (χ0) is 25.1. The molecule has 0 aliphatic rings. The molecule has 0 bridgehead atoms. The van der Waals surface area contributed by atoms with Crippen LogP contribution in [0.5, 0.6) is 5.75 Å². The van der Waals surface area contributed by atoms with Gasteiger partial charge in [-0.3, -0.25) is 0 Å². The topological polar surface area (TPSA) is 26.5 Å². The molecule has 0 atom stereocenters. The molecule has 0 aliphatic carbocycles. The van der Waals surface area contributed by atoms with E-state index in [4.69, 9.17) is 4.74 Å². The fourth-order valence-electron chi connectivity index (χ4n) is 4.11. The van der Waals surface area contributed by atoms with Crippen LogP contribution in [0.1, 0.15) is 11.1 Å². The van der Waals surface area contributed by atoms with Crippen LogP contribution >= 0.6 is 28.3 Å². The van der Waals surface area contributed by atoms with E-state index < -0.39 is 11.7 Å². The number of hydrogen-bond donors (Lipinski definition) is 0. The maximum Gasteiger partial charge on any atom is 0.416 e. The van der Waals surface area contributed by atoms with Gasteiger partial charge in [0.05, 0.1) is 24.1 Å². The molecule has 1 aromatic heterocycles. The third-order valence-electron chi connectivity index (χ3n) is 6.02. The second-order valence-electron chi connectivity index (χ2n) is 8.38. The molecule has 0 unspecified atom stereocenters. The average Bonchev–Trinajstić information content (AvgIpc) is 3.29. The van der Waals surface area contributed by atoms with Crippen molar-refractivity contribution < 1.29 is 17.9 Å². The van der Waals surface area contributed by atoms with Crippen molar-refractivity contribution in [2.45, 2.75) is 19.1 Å². The van der Waals surface area contributed by atoms with Crippen LogP contribution in [0.2, 0.25) is 0 Å². The van der Waals surface area contributed by atoms with Gasteiger partial charge in [-0.1, -0.05) is 54.6 Å². The normalized spacial score (nSPS) is 11.9. The van der Waals surface area contributed by atoms with Crippen LogP contribution in [0.15, 0.2) is 101 Å². The van der Waals surface area contributed by atoms with Gasteiger partial charge in [0.25, 0.3) is 0 Å². The minimum atomic E-state index is -4.42. The smallest absolute Gasteiger partial charge is 0.416 e. The number of nitrogens with zero attached hydrogens (tertiary/aromatic N) is 2. The summed E-state index contributed by atoms with van der Waals surface area (Å²) >= 11 is 1.42. The highest BCUT2D eigenvalue weighted by molar-refractivity contribution is 8.93. The summed E-state index contributed by atoms with van der Waals surface area (Å²) in [7, 11) is 1.63. The number of fused-ring (bicyclic) bond motifs is 1. The summed E-state index contributed by atoms with van der Waals surface area (Å²) in [5.41, 5.74) is 2.70. The Hall–Kier alpha value is -3.36. The Kier molecular flexibility index (Phi) is 8.19. The second-order valence-corrected chi connectivity index (χ2v) is 9.21. The molecule has 37 heavy (non-hydrogen) atoms. The number of benzene rings is 4. The number of halogens is 4. The molecular formula is C29H24BrF3N2OS. The summed E-state index contributed by atoms with van der Waals surface area (Å²) in [5, 5.41) is 4.29. The Labute approximate surface area is 227 Å². The van der Waals surface area contributed by atoms with Crippen molar-refractivity contribution in [2.24, 2.45) is 4.99 Å². The molecule has 5 rings (SSSR count). The van der Waals surface area contributed by atoms with Gasteiger partial charge in [-0.2, -0.15) is 13.2 Å². The lowest BCUT2D eigenvalue weighted by Crippen LogP contribution is -2.17. The summed E-state index contributed by atoms with van der Waals surface area (Å²) in [5.74, 6) is 0.791. The molecule has 0 aliphatic heterocycles. The van der Waals surface area contributed by atoms with Crippen LogP contribution < -0.4 is 9.54 Å². The molecule has 0 N–H and O–H groups in total. The Bertz CT molecular complexity index is 1570. The molecule has 0 amide bonds. The van der Waals surface area contributed by atoms with Crippen LogP contribution in [0, 0.1) is 0 Å². The van der Waals surface area contributed by atoms with E-state index in [-0.39, 0.29) is 22.7 Å². The van der Waals surface area contributed by atoms with Gasteiger partial charge in [-0.25, -0.2) is 4.99 Å². The first-order valence-corrected chi connectivity index (χ1v) is 12.3. The standard InChI is InChI=1S/C29H23F3N2OS.BrH/c1-35-26-13-9-20(10-14-26)15-16-34-27(23-12-11-21-5-2-3-6-22(21)17-23)19-36-28(34)33-25-8-4-7-24(18-25)29(30,31)32;/h2-14,17-19H,15-16H2,1H3;1H. The van der Waals surface area contributed by atoms with Gasteiger partial charge in [0.1, 0.15) is 5.75 Å². The molecule has 3 nitrogen and oxygen atoms in total. The van der Waals surface area contributed by atoms with Gasteiger partial charge in [0.15, 0.2) is 4.80 Å². The van der Waals surface area contributed by atoms with Crippen LogP contribution in [0.4, 0.5) is 18.9 Å². The summed E-state index contributed by atoms with van der Waals surface area (Å²) in [6, 6.07) is 27.5. The molecule has 1 heterocycles. The van der Waals surface area contributed by atoms with Crippen molar-refractivity contribution in [3.8, 4) is 17.0 Å². The first kappa shape index (κ1) is 26.7. The van der Waals surface area contributed by atoms with Crippen molar-refractivity contribution in [3.63, 3.8) is 0 Å². The highest BCUT2D eigenvalue weighted by atomic mass is 79.9. The Morgan fingerprint density at radius 3 is 2.35 bits per heavy atom. The minimum absolute atomic E-state index is 0. The number of methoxy groups -OCH3 is 1. The summed E-state index contributed by atoms with van der Waals surface area (Å²) in [6.45, 7) is 0.621. The average molecular weight is 585 g/mol. The van der Waals surface area contributed by atoms with Gasteiger partial charge >= 0.3 is 6.18 Å². The lowest BCUT2D eigenvalue weighted by molar-refractivity contribution is -0.137. The first-order valence-electron chi connectivity index (χ1n) is 11.4. The Morgan fingerprint density at radius 2 is 1.62 bits per heavy atom. The molecule has 0 saturated heterocycles. The van der Waals surface area contributed by atoms with E-state index in [1.54, 1.807) is 13.2 Å². The van der Waals surface area contributed by atoms with Crippen molar-refractivity contribution in [2.75, 3.05) is 7.11 Å². The van der Waals surface area contributed by atoms with E-state index in [1.807, 2.05) is 41.8 Å². The SMILES string of the molecule is Br.COc1ccc(CCn2c(-c3ccc4ccccc4c3)csc2=Nc2cccc(C(F)(F)F)c2)cc1. The van der Waals surface area contributed by atoms with Gasteiger partial charge in [0.2, 0.25) is 0 Å². The summed E-state index contributed by atoms with van der Waals surface area (Å²) in [4.78, 5) is 5.27. The predicted octanol–water partition coefficient (Wildman–Crippen LogP) is 8.45. The van der Waals surface area contributed by atoms with E-state index in [0.717, 1.165) is 51.9 Å². The number of rotatable bonds is 6.